The number of hydrogen-bond donors (Lipinski definition) is 1. The lowest BCUT2D eigenvalue weighted by atomic mass is 9.97. The van der Waals surface area contributed by atoms with Gasteiger partial charge in [0.15, 0.2) is 0 Å². The molecule has 88 valence electrons. The van der Waals surface area contributed by atoms with Crippen molar-refractivity contribution in [1.29, 1.82) is 0 Å². The van der Waals surface area contributed by atoms with Crippen molar-refractivity contribution in [3.63, 3.8) is 0 Å². The standard InChI is InChI=1S/C13H18BrNS/c1-15-13(11-8-12(14)16-9-11)10-6-4-2-3-5-7-10/h6,8-9,13,15H,2-5,7H2,1H3. The van der Waals surface area contributed by atoms with E-state index in [1.165, 1.54) is 41.5 Å². The number of likely N-dealkylation sites (N-methyl/N-ethyl adjacent to an activating group) is 1. The molecule has 1 heterocycles. The lowest BCUT2D eigenvalue weighted by molar-refractivity contribution is 0.630. The largest absolute Gasteiger partial charge is 0.310 e. The molecule has 1 unspecified atom stereocenters. The number of halogens is 1. The Labute approximate surface area is 110 Å². The van der Waals surface area contributed by atoms with Gasteiger partial charge in [-0.05, 0) is 65.7 Å². The maximum absolute atomic E-state index is 3.54. The van der Waals surface area contributed by atoms with Gasteiger partial charge in [-0.3, -0.25) is 0 Å². The van der Waals surface area contributed by atoms with Gasteiger partial charge in [-0.15, -0.1) is 11.3 Å². The third-order valence-corrected chi connectivity index (χ3v) is 4.68. The maximum atomic E-state index is 3.54. The Kier molecular flexibility index (Phi) is 4.62. The Morgan fingerprint density at radius 1 is 1.38 bits per heavy atom. The first-order valence-electron chi connectivity index (χ1n) is 5.91. The first-order chi connectivity index (χ1) is 7.81. The molecule has 3 heteroatoms. The van der Waals surface area contributed by atoms with Crippen molar-refractivity contribution in [3.05, 3.63) is 32.4 Å². The lowest BCUT2D eigenvalue weighted by Gasteiger charge is -2.18. The second-order valence-corrected chi connectivity index (χ2v) is 6.57. The highest BCUT2D eigenvalue weighted by Gasteiger charge is 2.16. The van der Waals surface area contributed by atoms with Crippen molar-refractivity contribution in [3.8, 4) is 0 Å². The summed E-state index contributed by atoms with van der Waals surface area (Å²) in [6.45, 7) is 0. The predicted molar refractivity (Wildman–Crippen MR) is 75.0 cm³/mol. The van der Waals surface area contributed by atoms with E-state index in [2.05, 4.69) is 45.8 Å². The minimum atomic E-state index is 0.417. The van der Waals surface area contributed by atoms with Crippen LogP contribution in [0.1, 0.15) is 43.7 Å². The van der Waals surface area contributed by atoms with Crippen LogP contribution in [0.4, 0.5) is 0 Å². The van der Waals surface area contributed by atoms with E-state index in [1.807, 2.05) is 0 Å². The summed E-state index contributed by atoms with van der Waals surface area (Å²) < 4.78 is 1.22. The minimum absolute atomic E-state index is 0.417. The van der Waals surface area contributed by atoms with E-state index in [9.17, 15) is 0 Å². The van der Waals surface area contributed by atoms with E-state index >= 15 is 0 Å². The van der Waals surface area contributed by atoms with Crippen LogP contribution in [0.3, 0.4) is 0 Å². The summed E-state index contributed by atoms with van der Waals surface area (Å²) in [6.07, 6.45) is 9.02. The van der Waals surface area contributed by atoms with E-state index in [-0.39, 0.29) is 0 Å². The summed E-state index contributed by atoms with van der Waals surface area (Å²) in [5, 5.41) is 5.69. The molecule has 0 aliphatic heterocycles. The predicted octanol–water partition coefficient (Wildman–Crippen LogP) is 4.66. The zero-order valence-electron chi connectivity index (χ0n) is 9.63. The third kappa shape index (κ3) is 2.96. The van der Waals surface area contributed by atoms with E-state index in [1.54, 1.807) is 16.9 Å². The monoisotopic (exact) mass is 299 g/mol. The molecular weight excluding hydrogens is 282 g/mol. The van der Waals surface area contributed by atoms with Crippen LogP contribution in [-0.4, -0.2) is 7.05 Å². The second-order valence-electron chi connectivity index (χ2n) is 4.28. The molecule has 0 spiro atoms. The summed E-state index contributed by atoms with van der Waals surface area (Å²) in [5.41, 5.74) is 2.97. The van der Waals surface area contributed by atoms with Crippen LogP contribution < -0.4 is 5.32 Å². The summed E-state index contributed by atoms with van der Waals surface area (Å²) in [6, 6.07) is 2.65. The summed E-state index contributed by atoms with van der Waals surface area (Å²) >= 11 is 5.31. The Morgan fingerprint density at radius 2 is 2.25 bits per heavy atom. The summed E-state index contributed by atoms with van der Waals surface area (Å²) in [5.74, 6) is 0. The number of nitrogens with one attached hydrogen (secondary N) is 1. The lowest BCUT2D eigenvalue weighted by Crippen LogP contribution is -2.18. The third-order valence-electron chi connectivity index (χ3n) is 3.16. The van der Waals surface area contributed by atoms with Gasteiger partial charge < -0.3 is 5.32 Å². The van der Waals surface area contributed by atoms with Crippen molar-refractivity contribution >= 4 is 27.3 Å². The molecule has 1 nitrogen and oxygen atoms in total. The van der Waals surface area contributed by atoms with E-state index in [0.717, 1.165) is 0 Å². The Bertz CT molecular complexity index is 370. The molecule has 1 aliphatic carbocycles. The summed E-state index contributed by atoms with van der Waals surface area (Å²) in [4.78, 5) is 0. The molecule has 1 N–H and O–H groups in total. The highest BCUT2D eigenvalue weighted by atomic mass is 79.9. The maximum Gasteiger partial charge on any atom is 0.0701 e. The first kappa shape index (κ1) is 12.3. The van der Waals surface area contributed by atoms with Gasteiger partial charge in [0.1, 0.15) is 0 Å². The van der Waals surface area contributed by atoms with Crippen LogP contribution >= 0.6 is 27.3 Å². The molecular formula is C13H18BrNS. The topological polar surface area (TPSA) is 12.0 Å². The van der Waals surface area contributed by atoms with Crippen LogP contribution in [0.2, 0.25) is 0 Å². The number of rotatable bonds is 3. The van der Waals surface area contributed by atoms with Gasteiger partial charge in [0, 0.05) is 0 Å². The van der Waals surface area contributed by atoms with E-state index < -0.39 is 0 Å². The Balaban J connectivity index is 2.18. The highest BCUT2D eigenvalue weighted by Crippen LogP contribution is 2.32. The fourth-order valence-corrected chi connectivity index (χ4v) is 3.54. The number of allylic oxidation sites excluding steroid dienone is 1. The van der Waals surface area contributed by atoms with Crippen molar-refractivity contribution in [2.45, 2.75) is 38.1 Å². The molecule has 2 rings (SSSR count). The molecule has 0 bridgehead atoms. The number of hydrogen-bond acceptors (Lipinski definition) is 2. The molecule has 1 aromatic rings. The molecule has 0 amide bonds. The van der Waals surface area contributed by atoms with Crippen molar-refractivity contribution < 1.29 is 0 Å². The molecule has 0 radical (unpaired) electrons. The van der Waals surface area contributed by atoms with Gasteiger partial charge in [0.2, 0.25) is 0 Å². The molecule has 0 saturated heterocycles. The average Bonchev–Trinajstić information content (AvgIpc) is 2.55. The van der Waals surface area contributed by atoms with Gasteiger partial charge in [-0.25, -0.2) is 0 Å². The second kappa shape index (κ2) is 5.99. The van der Waals surface area contributed by atoms with Crippen LogP contribution in [0.25, 0.3) is 0 Å². The highest BCUT2D eigenvalue weighted by molar-refractivity contribution is 9.11. The fourth-order valence-electron chi connectivity index (χ4n) is 2.34. The average molecular weight is 300 g/mol. The zero-order chi connectivity index (χ0) is 11.4. The van der Waals surface area contributed by atoms with Crippen LogP contribution in [0, 0.1) is 0 Å². The molecule has 0 aromatic carbocycles. The summed E-state index contributed by atoms with van der Waals surface area (Å²) in [7, 11) is 2.06. The molecule has 1 atom stereocenters. The zero-order valence-corrected chi connectivity index (χ0v) is 12.0. The normalized spacial score (nSPS) is 19.0. The SMILES string of the molecule is CNC(C1=CCCCCC1)c1csc(Br)c1. The van der Waals surface area contributed by atoms with Crippen LogP contribution in [-0.2, 0) is 0 Å². The van der Waals surface area contributed by atoms with Crippen molar-refractivity contribution in [2.75, 3.05) is 7.05 Å². The van der Waals surface area contributed by atoms with Gasteiger partial charge >= 0.3 is 0 Å². The quantitative estimate of drug-likeness (QED) is 0.800. The van der Waals surface area contributed by atoms with Gasteiger partial charge in [0.25, 0.3) is 0 Å². The smallest absolute Gasteiger partial charge is 0.0701 e. The van der Waals surface area contributed by atoms with Gasteiger partial charge in [-0.2, -0.15) is 0 Å². The van der Waals surface area contributed by atoms with Gasteiger partial charge in [-0.1, -0.05) is 18.1 Å². The van der Waals surface area contributed by atoms with Crippen molar-refractivity contribution in [1.82, 2.24) is 5.32 Å². The van der Waals surface area contributed by atoms with Crippen LogP contribution in [0.15, 0.2) is 26.9 Å². The molecule has 0 fully saturated rings. The van der Waals surface area contributed by atoms with Gasteiger partial charge in [0.05, 0.1) is 9.83 Å². The van der Waals surface area contributed by atoms with E-state index in [4.69, 9.17) is 0 Å². The fraction of sp³-hybridized carbons (Fsp3) is 0.538. The molecule has 1 aromatic heterocycles. The number of thiophene rings is 1. The molecule has 0 saturated carbocycles. The minimum Gasteiger partial charge on any atom is -0.310 e. The molecule has 1 aliphatic rings. The van der Waals surface area contributed by atoms with Crippen LogP contribution in [0.5, 0.6) is 0 Å². The Hall–Kier alpha value is -0.120. The Morgan fingerprint density at radius 3 is 2.94 bits per heavy atom. The van der Waals surface area contributed by atoms with E-state index in [0.29, 0.717) is 6.04 Å². The molecule has 16 heavy (non-hydrogen) atoms. The first-order valence-corrected chi connectivity index (χ1v) is 7.58. The van der Waals surface area contributed by atoms with Crippen molar-refractivity contribution in [2.24, 2.45) is 0 Å².